The molecule has 0 radical (unpaired) electrons. The van der Waals surface area contributed by atoms with E-state index in [-0.39, 0.29) is 17.8 Å². The third-order valence-electron chi connectivity index (χ3n) is 5.18. The van der Waals surface area contributed by atoms with Crippen LogP contribution in [0.2, 0.25) is 0 Å². The van der Waals surface area contributed by atoms with Gasteiger partial charge in [0.05, 0.1) is 22.8 Å². The average Bonchev–Trinajstić information content (AvgIpc) is 3.32. The summed E-state index contributed by atoms with van der Waals surface area (Å²) < 4.78 is 15.0. The van der Waals surface area contributed by atoms with Crippen molar-refractivity contribution in [2.45, 2.75) is 38.6 Å². The number of carbonyl (C=O) groups is 1. The smallest absolute Gasteiger partial charge is 0.258 e. The number of pyridine rings is 1. The van der Waals surface area contributed by atoms with Crippen molar-refractivity contribution >= 4 is 33.4 Å². The van der Waals surface area contributed by atoms with Crippen LogP contribution in [0.25, 0.3) is 22.3 Å². The molecule has 1 N–H and O–H groups in total. The monoisotopic (exact) mass is 421 g/mol. The van der Waals surface area contributed by atoms with Gasteiger partial charge < -0.3 is 0 Å². The predicted octanol–water partition coefficient (Wildman–Crippen LogP) is 5.40. The van der Waals surface area contributed by atoms with Crippen LogP contribution >= 0.6 is 11.3 Å². The predicted molar refractivity (Wildman–Crippen MR) is 115 cm³/mol. The first-order valence-electron chi connectivity index (χ1n) is 9.90. The number of benzene rings is 1. The van der Waals surface area contributed by atoms with Crippen LogP contribution in [0.5, 0.6) is 0 Å². The Morgan fingerprint density at radius 3 is 2.70 bits per heavy atom. The molecular formula is C22H20FN5OS. The van der Waals surface area contributed by atoms with Crippen molar-refractivity contribution in [3.63, 3.8) is 0 Å². The number of nitrogens with zero attached hydrogens (tertiary/aromatic N) is 4. The van der Waals surface area contributed by atoms with Gasteiger partial charge in [-0.2, -0.15) is 5.10 Å². The zero-order valence-electron chi connectivity index (χ0n) is 16.6. The van der Waals surface area contributed by atoms with Gasteiger partial charge in [-0.05, 0) is 57.0 Å². The molecule has 0 saturated heterocycles. The van der Waals surface area contributed by atoms with Crippen LogP contribution in [-0.4, -0.2) is 25.7 Å². The van der Waals surface area contributed by atoms with Gasteiger partial charge in [0, 0.05) is 28.6 Å². The first-order chi connectivity index (χ1) is 14.5. The van der Waals surface area contributed by atoms with Crippen LogP contribution in [-0.2, 0) is 0 Å². The molecule has 1 fully saturated rings. The van der Waals surface area contributed by atoms with Crippen LogP contribution in [0.4, 0.5) is 9.52 Å². The highest BCUT2D eigenvalue weighted by Gasteiger charge is 2.28. The maximum atomic E-state index is 13.2. The van der Waals surface area contributed by atoms with Crippen LogP contribution in [0, 0.1) is 5.82 Å². The van der Waals surface area contributed by atoms with E-state index in [1.807, 2.05) is 30.0 Å². The summed E-state index contributed by atoms with van der Waals surface area (Å²) in [5.74, 6) is -0.105. The number of rotatable bonds is 5. The van der Waals surface area contributed by atoms with Gasteiger partial charge in [-0.15, -0.1) is 11.3 Å². The lowest BCUT2D eigenvalue weighted by molar-refractivity contribution is 0.102. The fraction of sp³-hybridized carbons (Fsp3) is 0.273. The molecule has 6 nitrogen and oxygen atoms in total. The minimum atomic E-state index is -0.294. The van der Waals surface area contributed by atoms with E-state index in [4.69, 9.17) is 4.98 Å². The fourth-order valence-electron chi connectivity index (χ4n) is 3.44. The van der Waals surface area contributed by atoms with Gasteiger partial charge >= 0.3 is 0 Å². The summed E-state index contributed by atoms with van der Waals surface area (Å²) in [4.78, 5) is 22.4. The summed E-state index contributed by atoms with van der Waals surface area (Å²) in [7, 11) is 0. The van der Waals surface area contributed by atoms with Gasteiger partial charge in [0.2, 0.25) is 0 Å². The van der Waals surface area contributed by atoms with Gasteiger partial charge in [0.1, 0.15) is 5.82 Å². The van der Waals surface area contributed by atoms with Crippen molar-refractivity contribution in [1.29, 1.82) is 0 Å². The lowest BCUT2D eigenvalue weighted by Crippen LogP contribution is -2.13. The zero-order chi connectivity index (χ0) is 20.8. The van der Waals surface area contributed by atoms with E-state index >= 15 is 0 Å². The number of nitrogens with one attached hydrogen (secondary N) is 1. The molecule has 0 spiro atoms. The second-order valence-electron chi connectivity index (χ2n) is 7.79. The average molecular weight is 422 g/mol. The van der Waals surface area contributed by atoms with Crippen LogP contribution in [0.15, 0.2) is 41.9 Å². The molecule has 5 rings (SSSR count). The fourth-order valence-corrected chi connectivity index (χ4v) is 4.15. The van der Waals surface area contributed by atoms with E-state index in [9.17, 15) is 9.18 Å². The number of hydrogen-bond donors (Lipinski definition) is 1. The molecule has 1 saturated carbocycles. The highest BCUT2D eigenvalue weighted by atomic mass is 32.1. The van der Waals surface area contributed by atoms with E-state index in [0.29, 0.717) is 22.3 Å². The second kappa shape index (κ2) is 7.28. The number of carbonyl (C=O) groups excluding carboxylic acids is 1. The van der Waals surface area contributed by atoms with Gasteiger partial charge in [-0.3, -0.25) is 10.1 Å². The molecule has 8 heteroatoms. The summed E-state index contributed by atoms with van der Waals surface area (Å²) in [5.41, 5.74) is 3.74. The number of amides is 1. The Bertz CT molecular complexity index is 1240. The summed E-state index contributed by atoms with van der Waals surface area (Å²) in [6, 6.07) is 8.17. The second-order valence-corrected chi connectivity index (χ2v) is 8.65. The normalized spacial score (nSPS) is 13.9. The van der Waals surface area contributed by atoms with Crippen LogP contribution in [0.3, 0.4) is 0 Å². The van der Waals surface area contributed by atoms with E-state index in [0.717, 1.165) is 35.1 Å². The lowest BCUT2D eigenvalue weighted by atomic mass is 10.1. The van der Waals surface area contributed by atoms with Crippen molar-refractivity contribution in [2.24, 2.45) is 0 Å². The third-order valence-corrected chi connectivity index (χ3v) is 5.94. The molecule has 0 atom stereocenters. The summed E-state index contributed by atoms with van der Waals surface area (Å²) >= 11 is 1.34. The molecule has 1 amide bonds. The first-order valence-corrected chi connectivity index (χ1v) is 10.8. The van der Waals surface area contributed by atoms with Gasteiger partial charge in [-0.25, -0.2) is 19.0 Å². The molecule has 1 aliphatic carbocycles. The van der Waals surface area contributed by atoms with Crippen molar-refractivity contribution in [3.8, 4) is 11.3 Å². The lowest BCUT2D eigenvalue weighted by Gasteiger charge is -2.10. The number of halogens is 1. The quantitative estimate of drug-likeness (QED) is 0.468. The van der Waals surface area contributed by atoms with E-state index < -0.39 is 0 Å². The maximum absolute atomic E-state index is 13.2. The van der Waals surface area contributed by atoms with E-state index in [1.54, 1.807) is 18.3 Å². The Balaban J connectivity index is 1.47. The Labute approximate surface area is 176 Å². The molecule has 0 aliphatic heterocycles. The van der Waals surface area contributed by atoms with Crippen LogP contribution in [0.1, 0.15) is 54.7 Å². The Kier molecular flexibility index (Phi) is 4.58. The minimum Gasteiger partial charge on any atom is -0.298 e. The van der Waals surface area contributed by atoms with Crippen molar-refractivity contribution < 1.29 is 9.18 Å². The summed E-state index contributed by atoms with van der Waals surface area (Å²) in [6.07, 6.45) is 3.91. The number of hydrogen-bond acceptors (Lipinski definition) is 5. The standard InChI is InChI=1S/C22H20FN5OS/c1-12(2)28-20-17(10-24-28)16(9-18(25-20)13-3-4-13)21(29)27-22-26-19(11-30-22)14-5-7-15(23)8-6-14/h5-13H,3-4H2,1-2H3,(H,26,27,29). The summed E-state index contributed by atoms with van der Waals surface area (Å²) in [6.45, 7) is 4.09. The number of aromatic nitrogens is 4. The Morgan fingerprint density at radius 1 is 1.23 bits per heavy atom. The molecule has 152 valence electrons. The molecule has 3 aromatic heterocycles. The Hall–Kier alpha value is -3.13. The molecule has 1 aliphatic rings. The maximum Gasteiger partial charge on any atom is 0.258 e. The number of anilines is 1. The zero-order valence-corrected chi connectivity index (χ0v) is 17.4. The molecule has 3 heterocycles. The van der Waals surface area contributed by atoms with E-state index in [2.05, 4.69) is 15.4 Å². The highest BCUT2D eigenvalue weighted by Crippen LogP contribution is 2.40. The number of thiazole rings is 1. The molecule has 4 aromatic rings. The SMILES string of the molecule is CC(C)n1ncc2c(C(=O)Nc3nc(-c4ccc(F)cc4)cs3)cc(C3CC3)nc21. The third kappa shape index (κ3) is 3.47. The summed E-state index contributed by atoms with van der Waals surface area (Å²) in [5, 5.41) is 10.4. The highest BCUT2D eigenvalue weighted by molar-refractivity contribution is 7.14. The van der Waals surface area contributed by atoms with Crippen molar-refractivity contribution in [1.82, 2.24) is 19.7 Å². The molecule has 0 bridgehead atoms. The first kappa shape index (κ1) is 18.9. The van der Waals surface area contributed by atoms with Gasteiger partial charge in [0.15, 0.2) is 10.8 Å². The topological polar surface area (TPSA) is 72.7 Å². The minimum absolute atomic E-state index is 0.151. The van der Waals surface area contributed by atoms with Gasteiger partial charge in [-0.1, -0.05) is 0 Å². The Morgan fingerprint density at radius 2 is 2.00 bits per heavy atom. The largest absolute Gasteiger partial charge is 0.298 e. The molecular weight excluding hydrogens is 401 g/mol. The van der Waals surface area contributed by atoms with E-state index in [1.165, 1.54) is 23.5 Å². The number of fused-ring (bicyclic) bond motifs is 1. The molecule has 0 unspecified atom stereocenters. The van der Waals surface area contributed by atoms with Gasteiger partial charge in [0.25, 0.3) is 5.91 Å². The van der Waals surface area contributed by atoms with Crippen molar-refractivity contribution in [2.75, 3.05) is 5.32 Å². The molecule has 30 heavy (non-hydrogen) atoms. The molecule has 1 aromatic carbocycles. The van der Waals surface area contributed by atoms with Crippen LogP contribution < -0.4 is 5.32 Å². The van der Waals surface area contributed by atoms with Crippen molar-refractivity contribution in [3.05, 3.63) is 59.0 Å².